The maximum Gasteiger partial charge on any atom is 0.407 e. The van der Waals surface area contributed by atoms with Crippen molar-refractivity contribution >= 4 is 23.8 Å². The summed E-state index contributed by atoms with van der Waals surface area (Å²) in [5.41, 5.74) is -7.38. The number of carbonyl (C=O) groups excluding carboxylic acids is 4. The molecule has 1 saturated heterocycles. The molecule has 9 unspecified atom stereocenters. The molecule has 4 aliphatic carbocycles. The molecule has 5 aliphatic rings. The number of rotatable bonds is 9. The summed E-state index contributed by atoms with van der Waals surface area (Å²) in [6.45, 7) is 9.11. The minimum Gasteiger partial charge on any atom is -0.456 e. The number of benzene rings is 1. The number of aliphatic hydroxyl groups excluding tert-OH is 3. The van der Waals surface area contributed by atoms with Gasteiger partial charge >= 0.3 is 18.0 Å². The van der Waals surface area contributed by atoms with Crippen molar-refractivity contribution in [3.8, 4) is 0 Å². The zero-order valence-electron chi connectivity index (χ0n) is 29.1. The Balaban J connectivity index is 1.44. The number of hydrogen-bond donors (Lipinski definition) is 6. The molecule has 14 nitrogen and oxygen atoms in total. The van der Waals surface area contributed by atoms with Gasteiger partial charge < -0.3 is 49.8 Å². The quantitative estimate of drug-likeness (QED) is 0.120. The normalized spacial score (nSPS) is 37.9. The van der Waals surface area contributed by atoms with Crippen molar-refractivity contribution in [3.05, 3.63) is 59.7 Å². The van der Waals surface area contributed by atoms with Crippen molar-refractivity contribution in [1.29, 1.82) is 0 Å². The van der Waals surface area contributed by atoms with Crippen molar-refractivity contribution in [3.63, 3.8) is 0 Å². The van der Waals surface area contributed by atoms with Gasteiger partial charge in [0.15, 0.2) is 11.9 Å². The molecule has 6 N–H and O–H groups in total. The number of nitrogens with one attached hydrogen (secondary N) is 1. The van der Waals surface area contributed by atoms with Gasteiger partial charge in [0.25, 0.3) is 0 Å². The number of ketones is 1. The summed E-state index contributed by atoms with van der Waals surface area (Å²) < 4.78 is 22.6. The second kappa shape index (κ2) is 13.1. The Labute approximate surface area is 295 Å². The van der Waals surface area contributed by atoms with Gasteiger partial charge in [0.05, 0.1) is 35.8 Å². The molecule has 1 aromatic carbocycles. The minimum atomic E-state index is -2.27. The summed E-state index contributed by atoms with van der Waals surface area (Å²) in [5.74, 6) is -4.66. The third-order valence-corrected chi connectivity index (χ3v) is 12.2. The van der Waals surface area contributed by atoms with E-state index in [0.717, 1.165) is 0 Å². The Morgan fingerprint density at radius 1 is 1.10 bits per heavy atom. The molecule has 1 aliphatic heterocycles. The van der Waals surface area contributed by atoms with Crippen molar-refractivity contribution in [2.75, 3.05) is 13.2 Å². The maximum atomic E-state index is 14.6. The van der Waals surface area contributed by atoms with Crippen LogP contribution >= 0.6 is 0 Å². The highest BCUT2D eigenvalue weighted by Crippen LogP contribution is 2.63. The van der Waals surface area contributed by atoms with Crippen LogP contribution in [-0.2, 0) is 28.5 Å². The largest absolute Gasteiger partial charge is 0.456 e. The smallest absolute Gasteiger partial charge is 0.407 e. The molecule has 0 radical (unpaired) electrons. The first-order chi connectivity index (χ1) is 23.9. The van der Waals surface area contributed by atoms with Crippen LogP contribution in [0.4, 0.5) is 4.79 Å². The van der Waals surface area contributed by atoms with Gasteiger partial charge in [-0.3, -0.25) is 4.79 Å². The lowest BCUT2D eigenvalue weighted by molar-refractivity contribution is -0.343. The summed E-state index contributed by atoms with van der Waals surface area (Å²) in [6.07, 6.45) is -8.26. The first-order valence-electron chi connectivity index (χ1n) is 17.3. The molecule has 51 heavy (non-hydrogen) atoms. The van der Waals surface area contributed by atoms with Gasteiger partial charge in [0, 0.05) is 24.2 Å². The van der Waals surface area contributed by atoms with Crippen LogP contribution < -0.4 is 5.32 Å². The number of alkyl carbamates (subject to hydrolysis) is 1. The zero-order chi connectivity index (χ0) is 37.3. The lowest BCUT2D eigenvalue weighted by Crippen LogP contribution is -2.81. The summed E-state index contributed by atoms with van der Waals surface area (Å²) in [4.78, 5) is 54.4. The first-order valence-corrected chi connectivity index (χ1v) is 17.3. The minimum absolute atomic E-state index is 0.0231. The molecule has 0 aromatic heterocycles. The summed E-state index contributed by atoms with van der Waals surface area (Å²) in [5, 5.41) is 62.5. The van der Waals surface area contributed by atoms with E-state index >= 15 is 0 Å². The molecule has 0 spiro atoms. The molecular formula is C37H47NO13. The van der Waals surface area contributed by atoms with Crippen molar-refractivity contribution in [2.45, 2.75) is 107 Å². The van der Waals surface area contributed by atoms with Crippen molar-refractivity contribution in [2.24, 2.45) is 22.7 Å². The zero-order valence-corrected chi connectivity index (χ0v) is 29.1. The fourth-order valence-electron chi connectivity index (χ4n) is 8.96. The number of fused-ring (bicyclic) bond motifs is 5. The first kappa shape index (κ1) is 37.1. The van der Waals surface area contributed by atoms with E-state index in [1.54, 1.807) is 32.0 Å². The number of hydrogen-bond acceptors (Lipinski definition) is 13. The molecule has 3 saturated carbocycles. The Morgan fingerprint density at radius 3 is 2.35 bits per heavy atom. The van der Waals surface area contributed by atoms with E-state index in [-0.39, 0.29) is 42.3 Å². The topological polar surface area (TPSA) is 218 Å². The van der Waals surface area contributed by atoms with Crippen molar-refractivity contribution in [1.82, 2.24) is 5.32 Å². The Bertz CT molecular complexity index is 1620. The van der Waals surface area contributed by atoms with Gasteiger partial charge in [0.2, 0.25) is 0 Å². The predicted octanol–water partition coefficient (Wildman–Crippen LogP) is 1.11. The molecule has 4 fully saturated rings. The summed E-state index contributed by atoms with van der Waals surface area (Å²) >= 11 is 0. The fraction of sp³-hybridized carbons (Fsp3) is 0.622. The van der Waals surface area contributed by atoms with E-state index in [2.05, 4.69) is 11.9 Å². The van der Waals surface area contributed by atoms with E-state index in [0.29, 0.717) is 12.8 Å². The summed E-state index contributed by atoms with van der Waals surface area (Å²) in [7, 11) is 0. The molecule has 2 bridgehead atoms. The molecule has 278 valence electrons. The monoisotopic (exact) mass is 713 g/mol. The molecule has 1 amide bonds. The van der Waals surface area contributed by atoms with Crippen LogP contribution in [0.5, 0.6) is 0 Å². The molecule has 1 heterocycles. The van der Waals surface area contributed by atoms with Gasteiger partial charge in [-0.05, 0) is 55.9 Å². The fourth-order valence-corrected chi connectivity index (χ4v) is 8.96. The molecular weight excluding hydrogens is 666 g/mol. The standard InChI is InChI=1S/C37H47NO13/c1-6-14-48-33(45)38-25(19-12-13-19)27(41)32(44)50-21-16-37(47)30(51-31(43)20-10-8-7-9-11-20)28-35(5,22(39)15-23-36(28,46)17-49-23)29(42)26(40)24(18(21)2)34(37,3)4/h6-11,19,21-23,25-28,30,39-41,46-47H,1,12-17H2,2-5H3,(H,38,45)/t21?,22?,23?,25?,26?,27?,28?,30?,35-,36+,37?/m1/s1. The van der Waals surface area contributed by atoms with E-state index in [4.69, 9.17) is 18.9 Å². The lowest BCUT2D eigenvalue weighted by Gasteiger charge is -2.66. The third-order valence-electron chi connectivity index (χ3n) is 12.2. The van der Waals surface area contributed by atoms with E-state index in [1.165, 1.54) is 32.1 Å². The highest BCUT2D eigenvalue weighted by molar-refractivity contribution is 5.94. The highest BCUT2D eigenvalue weighted by atomic mass is 16.6. The van der Waals surface area contributed by atoms with Gasteiger partial charge in [-0.1, -0.05) is 44.7 Å². The predicted molar refractivity (Wildman–Crippen MR) is 177 cm³/mol. The van der Waals surface area contributed by atoms with E-state index in [9.17, 15) is 44.7 Å². The van der Waals surface area contributed by atoms with Gasteiger partial charge in [-0.2, -0.15) is 0 Å². The highest BCUT2D eigenvalue weighted by Gasteiger charge is 2.76. The van der Waals surface area contributed by atoms with Gasteiger partial charge in [-0.15, -0.1) is 0 Å². The Hall–Kier alpha value is -3.66. The van der Waals surface area contributed by atoms with E-state index in [1.807, 2.05) is 0 Å². The number of esters is 2. The van der Waals surface area contributed by atoms with E-state index < -0.39 is 101 Å². The Kier molecular flexibility index (Phi) is 9.52. The average Bonchev–Trinajstić information content (AvgIpc) is 3.94. The van der Waals surface area contributed by atoms with Crippen molar-refractivity contribution < 1.29 is 63.7 Å². The number of aliphatic hydroxyl groups is 5. The van der Waals surface area contributed by atoms with Gasteiger partial charge in [-0.25, -0.2) is 14.4 Å². The Morgan fingerprint density at radius 2 is 1.76 bits per heavy atom. The SMILES string of the molecule is C=CCOC(=O)NC(C1CC1)C(O)C(=O)OC1CC2(O)C(OC(=O)c3ccccc3)C3[C@]4(O)COC4CC(O)[C@@]3(C)C(=O)C(O)C(=C1C)C2(C)C. The summed E-state index contributed by atoms with van der Waals surface area (Å²) in [6, 6.07) is 6.84. The molecule has 11 atom stereocenters. The third kappa shape index (κ3) is 5.80. The molecule has 6 rings (SSSR count). The lowest BCUT2D eigenvalue weighted by atomic mass is 9.44. The number of ether oxygens (including phenoxy) is 4. The van der Waals surface area contributed by atoms with Gasteiger partial charge in [0.1, 0.15) is 36.1 Å². The molecule has 14 heteroatoms. The number of amides is 1. The van der Waals surface area contributed by atoms with Crippen LogP contribution in [0.2, 0.25) is 0 Å². The average molecular weight is 714 g/mol. The number of carbonyl (C=O) groups is 4. The van der Waals surface area contributed by atoms with Crippen LogP contribution in [0, 0.1) is 22.7 Å². The second-order valence-corrected chi connectivity index (χ2v) is 15.4. The van der Waals surface area contributed by atoms with Crippen LogP contribution in [0.25, 0.3) is 0 Å². The van der Waals surface area contributed by atoms with Crippen LogP contribution in [-0.4, -0.2) is 116 Å². The maximum absolute atomic E-state index is 14.6. The van der Waals surface area contributed by atoms with Crippen LogP contribution in [0.1, 0.15) is 63.7 Å². The van der Waals surface area contributed by atoms with Crippen LogP contribution in [0.3, 0.4) is 0 Å². The number of Topliss-reactive ketones (excluding diaryl/α,β-unsaturated/α-hetero) is 1. The van der Waals surface area contributed by atoms with Crippen LogP contribution in [0.15, 0.2) is 54.1 Å². The molecule has 1 aromatic rings. The second-order valence-electron chi connectivity index (χ2n) is 15.4.